The molecule has 0 fully saturated rings. The second-order valence-corrected chi connectivity index (χ2v) is 5.05. The average molecular weight is 244 g/mol. The molecule has 1 aromatic rings. The summed E-state index contributed by atoms with van der Waals surface area (Å²) in [6.07, 6.45) is 0. The van der Waals surface area contributed by atoms with Crippen molar-refractivity contribution in [1.82, 2.24) is 0 Å². The number of rotatable bonds is 5. The molecule has 1 rings (SSSR count). The van der Waals surface area contributed by atoms with Gasteiger partial charge in [-0.3, -0.25) is 4.79 Å². The Morgan fingerprint density at radius 3 is 2.69 bits per heavy atom. The van der Waals surface area contributed by atoms with E-state index in [2.05, 4.69) is 0 Å². The van der Waals surface area contributed by atoms with E-state index in [1.54, 1.807) is 18.2 Å². The minimum atomic E-state index is -1.18. The molecule has 1 aromatic carbocycles. The highest BCUT2D eigenvalue weighted by Crippen LogP contribution is 2.34. The summed E-state index contributed by atoms with van der Waals surface area (Å²) in [6, 6.07) is 6.09. The van der Waals surface area contributed by atoms with Gasteiger partial charge in [-0.25, -0.2) is 4.39 Å². The van der Waals surface area contributed by atoms with E-state index in [4.69, 9.17) is 9.84 Å². The summed E-state index contributed by atoms with van der Waals surface area (Å²) in [6.45, 7) is 1.53. The normalized spacial score (nSPS) is 14.4. The molecule has 5 heteroatoms. The summed E-state index contributed by atoms with van der Waals surface area (Å²) in [5.41, 5.74) is 0. The lowest BCUT2D eigenvalue weighted by molar-refractivity contribution is -0.140. The van der Waals surface area contributed by atoms with Crippen molar-refractivity contribution in [3.05, 3.63) is 30.1 Å². The third-order valence-electron chi connectivity index (χ3n) is 2.04. The number of hydrogen-bond donors (Lipinski definition) is 1. The van der Waals surface area contributed by atoms with E-state index in [-0.39, 0.29) is 6.61 Å². The molecule has 1 atom stereocenters. The summed E-state index contributed by atoms with van der Waals surface area (Å²) in [5.74, 6) is -1.45. The zero-order valence-corrected chi connectivity index (χ0v) is 9.88. The second kappa shape index (κ2) is 5.32. The molecule has 1 N–H and O–H groups in total. The third-order valence-corrected chi connectivity index (χ3v) is 3.34. The van der Waals surface area contributed by atoms with E-state index in [1.807, 2.05) is 0 Å². The zero-order chi connectivity index (χ0) is 12.2. The molecule has 0 saturated carbocycles. The number of aliphatic carboxylic acids is 1. The summed E-state index contributed by atoms with van der Waals surface area (Å²) in [5, 5.41) is 9.09. The van der Waals surface area contributed by atoms with Crippen LogP contribution in [0.2, 0.25) is 0 Å². The van der Waals surface area contributed by atoms with Crippen molar-refractivity contribution in [2.45, 2.75) is 16.6 Å². The maximum absolute atomic E-state index is 13.4. The van der Waals surface area contributed by atoms with Crippen LogP contribution in [0.3, 0.4) is 0 Å². The number of benzene rings is 1. The van der Waals surface area contributed by atoms with E-state index in [9.17, 15) is 9.18 Å². The number of halogens is 1. The maximum Gasteiger partial charge on any atom is 0.322 e. The quantitative estimate of drug-likeness (QED) is 0.808. The predicted molar refractivity (Wildman–Crippen MR) is 60.2 cm³/mol. The van der Waals surface area contributed by atoms with Crippen LogP contribution in [0, 0.1) is 5.82 Å². The van der Waals surface area contributed by atoms with E-state index < -0.39 is 16.5 Å². The molecule has 0 aromatic heterocycles. The number of carbonyl (C=O) groups is 1. The molecule has 88 valence electrons. The molecule has 0 radical (unpaired) electrons. The van der Waals surface area contributed by atoms with Crippen LogP contribution in [0.5, 0.6) is 0 Å². The molecule has 16 heavy (non-hydrogen) atoms. The fourth-order valence-electron chi connectivity index (χ4n) is 1.18. The van der Waals surface area contributed by atoms with E-state index in [1.165, 1.54) is 20.1 Å². The van der Waals surface area contributed by atoms with Crippen LogP contribution < -0.4 is 0 Å². The number of thioether (sulfide) groups is 1. The largest absolute Gasteiger partial charge is 0.480 e. The molecule has 0 bridgehead atoms. The van der Waals surface area contributed by atoms with Gasteiger partial charge < -0.3 is 9.84 Å². The molecular weight excluding hydrogens is 231 g/mol. The molecule has 0 aliphatic carbocycles. The van der Waals surface area contributed by atoms with Gasteiger partial charge in [0.15, 0.2) is 0 Å². The van der Waals surface area contributed by atoms with Crippen molar-refractivity contribution in [2.75, 3.05) is 13.7 Å². The Balaban J connectivity index is 2.92. The topological polar surface area (TPSA) is 46.5 Å². The van der Waals surface area contributed by atoms with Gasteiger partial charge in [-0.2, -0.15) is 0 Å². The number of methoxy groups -OCH3 is 1. The lowest BCUT2D eigenvalue weighted by Gasteiger charge is -2.23. The van der Waals surface area contributed by atoms with Gasteiger partial charge in [0.2, 0.25) is 0 Å². The van der Waals surface area contributed by atoms with Crippen LogP contribution >= 0.6 is 11.8 Å². The Hall–Kier alpha value is -1.07. The lowest BCUT2D eigenvalue weighted by Crippen LogP contribution is -2.36. The van der Waals surface area contributed by atoms with Gasteiger partial charge in [0.1, 0.15) is 10.6 Å². The SMILES string of the molecule is COCC(C)(Sc1ccccc1F)C(=O)O. The van der Waals surface area contributed by atoms with Crippen molar-refractivity contribution < 1.29 is 19.0 Å². The van der Waals surface area contributed by atoms with Crippen LogP contribution in [0.25, 0.3) is 0 Å². The smallest absolute Gasteiger partial charge is 0.322 e. The van der Waals surface area contributed by atoms with Crippen molar-refractivity contribution in [1.29, 1.82) is 0 Å². The van der Waals surface area contributed by atoms with E-state index >= 15 is 0 Å². The van der Waals surface area contributed by atoms with Crippen molar-refractivity contribution in [2.24, 2.45) is 0 Å². The first kappa shape index (κ1) is 13.0. The standard InChI is InChI=1S/C11H13FO3S/c1-11(7-15-2,10(13)14)16-9-6-4-3-5-8(9)12/h3-6H,7H2,1-2H3,(H,13,14). The Morgan fingerprint density at radius 1 is 1.56 bits per heavy atom. The minimum absolute atomic E-state index is 0.0152. The van der Waals surface area contributed by atoms with Crippen LogP contribution in [0.1, 0.15) is 6.92 Å². The monoisotopic (exact) mass is 244 g/mol. The highest BCUT2D eigenvalue weighted by Gasteiger charge is 2.35. The van der Waals surface area contributed by atoms with E-state index in [0.717, 1.165) is 11.8 Å². The third kappa shape index (κ3) is 2.96. The second-order valence-electron chi connectivity index (χ2n) is 3.50. The molecule has 0 amide bonds. The van der Waals surface area contributed by atoms with Crippen LogP contribution in [0.4, 0.5) is 4.39 Å². The van der Waals surface area contributed by atoms with Gasteiger partial charge in [0.25, 0.3) is 0 Å². The van der Waals surface area contributed by atoms with Gasteiger partial charge in [0.05, 0.1) is 6.61 Å². The fraction of sp³-hybridized carbons (Fsp3) is 0.364. The first-order valence-corrected chi connectivity index (χ1v) is 5.47. The molecule has 1 unspecified atom stereocenters. The predicted octanol–water partition coefficient (Wildman–Crippen LogP) is 2.41. The van der Waals surface area contributed by atoms with Gasteiger partial charge in [-0.15, -0.1) is 11.8 Å². The fourth-order valence-corrected chi connectivity index (χ4v) is 2.24. The molecule has 3 nitrogen and oxygen atoms in total. The van der Waals surface area contributed by atoms with Crippen molar-refractivity contribution in [3.8, 4) is 0 Å². The Bertz CT molecular complexity index is 383. The van der Waals surface area contributed by atoms with Crippen LogP contribution in [-0.4, -0.2) is 29.5 Å². The zero-order valence-electron chi connectivity index (χ0n) is 9.07. The molecule has 0 heterocycles. The van der Waals surface area contributed by atoms with Crippen LogP contribution in [0.15, 0.2) is 29.2 Å². The molecule has 0 aliphatic rings. The number of carboxylic acids is 1. The van der Waals surface area contributed by atoms with Gasteiger partial charge in [0, 0.05) is 12.0 Å². The molecule has 0 spiro atoms. The first-order valence-electron chi connectivity index (χ1n) is 4.65. The number of hydrogen-bond acceptors (Lipinski definition) is 3. The average Bonchev–Trinajstić information content (AvgIpc) is 2.21. The molecule has 0 saturated heterocycles. The Labute approximate surface area is 97.6 Å². The number of ether oxygens (including phenoxy) is 1. The van der Waals surface area contributed by atoms with Gasteiger partial charge >= 0.3 is 5.97 Å². The molecular formula is C11H13FO3S. The van der Waals surface area contributed by atoms with Crippen molar-refractivity contribution in [3.63, 3.8) is 0 Å². The lowest BCUT2D eigenvalue weighted by atomic mass is 10.2. The molecule has 0 aliphatic heterocycles. The van der Waals surface area contributed by atoms with Crippen LogP contribution in [-0.2, 0) is 9.53 Å². The van der Waals surface area contributed by atoms with Gasteiger partial charge in [-0.1, -0.05) is 12.1 Å². The summed E-state index contributed by atoms with van der Waals surface area (Å²) in [7, 11) is 1.42. The Morgan fingerprint density at radius 2 is 2.19 bits per heavy atom. The van der Waals surface area contributed by atoms with Crippen molar-refractivity contribution >= 4 is 17.7 Å². The first-order chi connectivity index (χ1) is 7.49. The minimum Gasteiger partial charge on any atom is -0.480 e. The Kier molecular flexibility index (Phi) is 4.32. The van der Waals surface area contributed by atoms with E-state index in [0.29, 0.717) is 4.90 Å². The highest BCUT2D eigenvalue weighted by molar-refractivity contribution is 8.01. The summed E-state index contributed by atoms with van der Waals surface area (Å²) < 4.78 is 17.0. The highest BCUT2D eigenvalue weighted by atomic mass is 32.2. The maximum atomic E-state index is 13.4. The number of carboxylic acid groups (broad SMARTS) is 1. The summed E-state index contributed by atoms with van der Waals surface area (Å²) >= 11 is 0.951. The van der Waals surface area contributed by atoms with Gasteiger partial charge in [-0.05, 0) is 19.1 Å². The summed E-state index contributed by atoms with van der Waals surface area (Å²) in [4.78, 5) is 11.4.